The van der Waals surface area contributed by atoms with Crippen LogP contribution < -0.4 is 14.8 Å². The molecule has 0 saturated heterocycles. The Morgan fingerprint density at radius 1 is 1.07 bits per heavy atom. The average molecular weight is 428 g/mol. The Kier molecular flexibility index (Phi) is 6.69. The number of amides is 1. The van der Waals surface area contributed by atoms with Gasteiger partial charge in [-0.05, 0) is 49.2 Å². The van der Waals surface area contributed by atoms with Crippen LogP contribution in [0.4, 0.5) is 5.69 Å². The van der Waals surface area contributed by atoms with Gasteiger partial charge in [-0.15, -0.1) is 0 Å². The van der Waals surface area contributed by atoms with Crippen LogP contribution in [0.15, 0.2) is 65.7 Å². The third-order valence-electron chi connectivity index (χ3n) is 4.55. The summed E-state index contributed by atoms with van der Waals surface area (Å²) in [6.45, 7) is 6.00. The van der Waals surface area contributed by atoms with Crippen molar-refractivity contribution in [3.05, 3.63) is 60.8 Å². The summed E-state index contributed by atoms with van der Waals surface area (Å²) >= 11 is 0. The van der Waals surface area contributed by atoms with Gasteiger partial charge in [0.2, 0.25) is 15.9 Å². The van der Waals surface area contributed by atoms with Crippen molar-refractivity contribution < 1.29 is 17.9 Å². The van der Waals surface area contributed by atoms with Crippen molar-refractivity contribution in [1.29, 1.82) is 0 Å². The average Bonchev–Trinajstić information content (AvgIpc) is 2.73. The first-order valence-corrected chi connectivity index (χ1v) is 11.2. The predicted octanol–water partition coefficient (Wildman–Crippen LogP) is 3.58. The van der Waals surface area contributed by atoms with Crippen molar-refractivity contribution in [3.63, 3.8) is 0 Å². The Labute approximate surface area is 176 Å². The molecule has 1 heterocycles. The molecule has 3 aromatic rings. The van der Waals surface area contributed by atoms with Crippen molar-refractivity contribution in [3.8, 4) is 5.75 Å². The summed E-state index contributed by atoms with van der Waals surface area (Å²) in [6.07, 6.45) is 1.54. The Bertz CT molecular complexity index is 1120. The third kappa shape index (κ3) is 4.95. The Morgan fingerprint density at radius 3 is 2.43 bits per heavy atom. The summed E-state index contributed by atoms with van der Waals surface area (Å²) in [4.78, 5) is 17.1. The maximum atomic E-state index is 13.1. The molecule has 2 N–H and O–H groups in total. The van der Waals surface area contributed by atoms with Crippen LogP contribution in [-0.2, 0) is 14.8 Å². The van der Waals surface area contributed by atoms with E-state index in [0.717, 1.165) is 0 Å². The van der Waals surface area contributed by atoms with E-state index in [-0.39, 0.29) is 10.8 Å². The van der Waals surface area contributed by atoms with Gasteiger partial charge in [-0.25, -0.2) is 8.42 Å². The number of pyridine rings is 1. The summed E-state index contributed by atoms with van der Waals surface area (Å²) in [5.74, 6) is -0.0172. The summed E-state index contributed by atoms with van der Waals surface area (Å²) in [5, 5.41) is 3.48. The van der Waals surface area contributed by atoms with E-state index in [1.165, 1.54) is 6.07 Å². The molecular formula is C22H25N3O4S. The Hall–Kier alpha value is -2.97. The van der Waals surface area contributed by atoms with E-state index in [4.69, 9.17) is 4.74 Å². The van der Waals surface area contributed by atoms with Crippen molar-refractivity contribution in [2.75, 3.05) is 11.9 Å². The molecule has 0 aliphatic heterocycles. The monoisotopic (exact) mass is 427 g/mol. The zero-order chi connectivity index (χ0) is 21.7. The number of carbonyl (C=O) groups excluding carboxylic acids is 1. The van der Waals surface area contributed by atoms with Crippen LogP contribution in [0, 0.1) is 5.92 Å². The first-order valence-electron chi connectivity index (χ1n) is 9.71. The highest BCUT2D eigenvalue weighted by Gasteiger charge is 2.29. The van der Waals surface area contributed by atoms with Gasteiger partial charge in [0.1, 0.15) is 16.7 Å². The van der Waals surface area contributed by atoms with Gasteiger partial charge in [-0.3, -0.25) is 9.78 Å². The summed E-state index contributed by atoms with van der Waals surface area (Å²) in [6, 6.07) is 14.4. The minimum absolute atomic E-state index is 0.0418. The van der Waals surface area contributed by atoms with Crippen molar-refractivity contribution in [2.45, 2.75) is 31.7 Å². The van der Waals surface area contributed by atoms with Crippen LogP contribution in [0.1, 0.15) is 20.8 Å². The minimum atomic E-state index is -3.98. The largest absolute Gasteiger partial charge is 0.494 e. The first-order chi connectivity index (χ1) is 14.3. The molecular weight excluding hydrogens is 402 g/mol. The topological polar surface area (TPSA) is 97.4 Å². The number of fused-ring (bicyclic) bond motifs is 1. The molecule has 1 amide bonds. The number of aromatic nitrogens is 1. The molecule has 0 bridgehead atoms. The molecule has 0 fully saturated rings. The van der Waals surface area contributed by atoms with Gasteiger partial charge in [-0.2, -0.15) is 4.72 Å². The van der Waals surface area contributed by atoms with E-state index in [9.17, 15) is 13.2 Å². The van der Waals surface area contributed by atoms with E-state index in [2.05, 4.69) is 15.0 Å². The summed E-state index contributed by atoms with van der Waals surface area (Å²) in [7, 11) is -3.98. The molecule has 0 spiro atoms. The number of para-hydroxylation sites is 1. The highest BCUT2D eigenvalue weighted by Crippen LogP contribution is 2.22. The van der Waals surface area contributed by atoms with Gasteiger partial charge in [0.25, 0.3) is 0 Å². The van der Waals surface area contributed by atoms with Gasteiger partial charge in [-0.1, -0.05) is 32.0 Å². The molecule has 30 heavy (non-hydrogen) atoms. The molecule has 1 aromatic heterocycles. The van der Waals surface area contributed by atoms with Crippen molar-refractivity contribution in [2.24, 2.45) is 5.92 Å². The molecule has 7 nitrogen and oxygen atoms in total. The van der Waals surface area contributed by atoms with Crippen LogP contribution >= 0.6 is 0 Å². The van der Waals surface area contributed by atoms with Gasteiger partial charge in [0.05, 0.1) is 12.1 Å². The van der Waals surface area contributed by atoms with E-state index in [1.807, 2.05) is 6.92 Å². The lowest BCUT2D eigenvalue weighted by Crippen LogP contribution is -2.47. The van der Waals surface area contributed by atoms with Crippen LogP contribution in [0.3, 0.4) is 0 Å². The lowest BCUT2D eigenvalue weighted by Gasteiger charge is -2.22. The Morgan fingerprint density at radius 2 is 1.77 bits per heavy atom. The normalized spacial score (nSPS) is 12.7. The zero-order valence-corrected chi connectivity index (χ0v) is 17.9. The van der Waals surface area contributed by atoms with Gasteiger partial charge in [0.15, 0.2) is 0 Å². The minimum Gasteiger partial charge on any atom is -0.494 e. The molecule has 158 valence electrons. The molecule has 0 aliphatic rings. The molecule has 1 atom stereocenters. The fourth-order valence-corrected chi connectivity index (χ4v) is 4.56. The number of hydrogen-bond acceptors (Lipinski definition) is 5. The standard InChI is InChI=1S/C22H25N3O4S/c1-4-29-18-12-10-17(11-13-18)24-22(26)20(15(2)3)25-30(27,28)19-9-5-7-16-8-6-14-23-21(16)19/h5-15,20,25H,4H2,1-3H3,(H,24,26). The first kappa shape index (κ1) is 21.7. The van der Waals surface area contributed by atoms with Crippen LogP contribution in [0.5, 0.6) is 5.75 Å². The summed E-state index contributed by atoms with van der Waals surface area (Å²) in [5.41, 5.74) is 0.919. The molecule has 3 rings (SSSR count). The fourth-order valence-electron chi connectivity index (χ4n) is 3.04. The Balaban J connectivity index is 1.82. The number of benzene rings is 2. The smallest absolute Gasteiger partial charge is 0.243 e. The van der Waals surface area contributed by atoms with E-state index >= 15 is 0 Å². The highest BCUT2D eigenvalue weighted by atomic mass is 32.2. The van der Waals surface area contributed by atoms with Crippen molar-refractivity contribution in [1.82, 2.24) is 9.71 Å². The third-order valence-corrected chi connectivity index (χ3v) is 6.02. The lowest BCUT2D eigenvalue weighted by atomic mass is 10.0. The van der Waals surface area contributed by atoms with Crippen LogP contribution in [-0.4, -0.2) is 32.0 Å². The maximum Gasteiger partial charge on any atom is 0.243 e. The number of nitrogens with one attached hydrogen (secondary N) is 2. The molecule has 0 saturated carbocycles. The molecule has 0 aliphatic carbocycles. The second kappa shape index (κ2) is 9.23. The number of carbonyl (C=O) groups is 1. The van der Waals surface area contributed by atoms with E-state index in [1.54, 1.807) is 68.6 Å². The van der Waals surface area contributed by atoms with Gasteiger partial charge in [0, 0.05) is 17.3 Å². The number of anilines is 1. The lowest BCUT2D eigenvalue weighted by molar-refractivity contribution is -0.118. The molecule has 0 radical (unpaired) electrons. The number of rotatable bonds is 8. The summed E-state index contributed by atoms with van der Waals surface area (Å²) < 4.78 is 34.1. The second-order valence-corrected chi connectivity index (χ2v) is 8.80. The second-order valence-electron chi connectivity index (χ2n) is 7.12. The number of sulfonamides is 1. The van der Waals surface area contributed by atoms with Crippen molar-refractivity contribution >= 4 is 32.5 Å². The quantitative estimate of drug-likeness (QED) is 0.573. The molecule has 8 heteroatoms. The number of ether oxygens (including phenoxy) is 1. The number of nitrogens with zero attached hydrogens (tertiary/aromatic N) is 1. The van der Waals surface area contributed by atoms with Crippen LogP contribution in [0.2, 0.25) is 0 Å². The zero-order valence-electron chi connectivity index (χ0n) is 17.1. The predicted molar refractivity (Wildman–Crippen MR) is 117 cm³/mol. The highest BCUT2D eigenvalue weighted by molar-refractivity contribution is 7.89. The molecule has 1 unspecified atom stereocenters. The SMILES string of the molecule is CCOc1ccc(NC(=O)C(NS(=O)(=O)c2cccc3cccnc23)C(C)C)cc1. The van der Waals surface area contributed by atoms with E-state index in [0.29, 0.717) is 28.9 Å². The maximum absolute atomic E-state index is 13.1. The van der Waals surface area contributed by atoms with Crippen LogP contribution in [0.25, 0.3) is 10.9 Å². The van der Waals surface area contributed by atoms with Gasteiger partial charge < -0.3 is 10.1 Å². The van der Waals surface area contributed by atoms with E-state index < -0.39 is 22.0 Å². The number of hydrogen-bond donors (Lipinski definition) is 2. The fraction of sp³-hybridized carbons (Fsp3) is 0.273. The molecule has 2 aromatic carbocycles. The van der Waals surface area contributed by atoms with Gasteiger partial charge >= 0.3 is 0 Å².